The van der Waals surface area contributed by atoms with Gasteiger partial charge in [0, 0.05) is 5.56 Å². The Kier molecular flexibility index (Phi) is 5.39. The van der Waals surface area contributed by atoms with Gasteiger partial charge in [0.05, 0.1) is 47.0 Å². The van der Waals surface area contributed by atoms with Gasteiger partial charge in [-0.05, 0) is 48.9 Å². The highest BCUT2D eigenvalue weighted by molar-refractivity contribution is 5.97. The van der Waals surface area contributed by atoms with Gasteiger partial charge in [-0.15, -0.1) is 0 Å². The van der Waals surface area contributed by atoms with E-state index in [1.165, 1.54) is 13.3 Å². The normalized spacial score (nSPS) is 10.9. The molecule has 0 fully saturated rings. The maximum Gasteiger partial charge on any atom is 0.339 e. The minimum atomic E-state index is -0.443. The van der Waals surface area contributed by atoms with E-state index in [0.717, 1.165) is 22.5 Å². The van der Waals surface area contributed by atoms with E-state index in [9.17, 15) is 9.59 Å². The number of nitrogens with one attached hydrogen (secondary N) is 2. The van der Waals surface area contributed by atoms with Crippen LogP contribution in [-0.2, 0) is 4.74 Å². The molecule has 0 spiro atoms. The van der Waals surface area contributed by atoms with Crippen molar-refractivity contribution >= 4 is 28.5 Å². The maximum absolute atomic E-state index is 12.4. The van der Waals surface area contributed by atoms with Crippen molar-refractivity contribution in [3.05, 3.63) is 101 Å². The largest absolute Gasteiger partial charge is 0.465 e. The summed E-state index contributed by atoms with van der Waals surface area (Å²) >= 11 is 0. The van der Waals surface area contributed by atoms with Gasteiger partial charge in [0.1, 0.15) is 5.82 Å². The number of fused-ring (bicyclic) bond motifs is 1. The number of benzene rings is 3. The Balaban J connectivity index is 1.73. The number of rotatable bonds is 5. The van der Waals surface area contributed by atoms with Crippen molar-refractivity contribution in [1.82, 2.24) is 19.7 Å². The van der Waals surface area contributed by atoms with Crippen LogP contribution < -0.4 is 10.9 Å². The fourth-order valence-corrected chi connectivity index (χ4v) is 3.95. The lowest BCUT2D eigenvalue weighted by Crippen LogP contribution is -2.08. The quantitative estimate of drug-likeness (QED) is 0.378. The van der Waals surface area contributed by atoms with Crippen LogP contribution in [0.25, 0.3) is 27.8 Å². The minimum Gasteiger partial charge on any atom is -0.465 e. The third-order valence-corrected chi connectivity index (χ3v) is 5.51. The van der Waals surface area contributed by atoms with Crippen LogP contribution in [0.15, 0.2) is 83.8 Å². The Labute approximate surface area is 194 Å². The molecule has 168 valence electrons. The zero-order valence-electron chi connectivity index (χ0n) is 18.6. The fourth-order valence-electron chi connectivity index (χ4n) is 3.95. The molecule has 34 heavy (non-hydrogen) atoms. The van der Waals surface area contributed by atoms with Crippen molar-refractivity contribution in [1.29, 1.82) is 0 Å². The monoisotopic (exact) mass is 451 g/mol. The Morgan fingerprint density at radius 1 is 1.03 bits per heavy atom. The van der Waals surface area contributed by atoms with Gasteiger partial charge in [-0.3, -0.25) is 4.79 Å². The van der Waals surface area contributed by atoms with Crippen LogP contribution in [0.2, 0.25) is 0 Å². The fraction of sp³-hybridized carbons (Fsp3) is 0.0769. The van der Waals surface area contributed by atoms with Gasteiger partial charge in [-0.25, -0.2) is 14.5 Å². The first-order valence-electron chi connectivity index (χ1n) is 10.6. The van der Waals surface area contributed by atoms with Crippen LogP contribution in [0.5, 0.6) is 0 Å². The van der Waals surface area contributed by atoms with E-state index < -0.39 is 5.97 Å². The molecule has 3 aromatic carbocycles. The standard InChI is InChI=1S/C26H21N5O3/c1-16-24(17-12-13-21-22(14-17)28-23(32)15-27-21)25(31(30-16)18-8-4-3-5-9-18)29-20-11-7-6-10-19(20)26(33)34-2/h3-15,29H,1-2H3,(H,28,32). The summed E-state index contributed by atoms with van der Waals surface area (Å²) in [5.41, 5.74) is 5.32. The van der Waals surface area contributed by atoms with E-state index >= 15 is 0 Å². The van der Waals surface area contributed by atoms with E-state index in [1.54, 1.807) is 16.8 Å². The molecule has 0 aliphatic heterocycles. The molecule has 2 heterocycles. The van der Waals surface area contributed by atoms with Gasteiger partial charge in [-0.2, -0.15) is 5.10 Å². The van der Waals surface area contributed by atoms with Crippen LogP contribution in [0.4, 0.5) is 11.5 Å². The number of aryl methyl sites for hydroxylation is 1. The number of carbonyl (C=O) groups excluding carboxylic acids is 1. The van der Waals surface area contributed by atoms with Crippen molar-refractivity contribution in [3.8, 4) is 16.8 Å². The summed E-state index contributed by atoms with van der Waals surface area (Å²) in [6.45, 7) is 1.92. The molecule has 0 saturated carbocycles. The second-order valence-electron chi connectivity index (χ2n) is 7.70. The summed E-state index contributed by atoms with van der Waals surface area (Å²) in [5, 5.41) is 8.21. The molecular formula is C26H21N5O3. The molecule has 0 bridgehead atoms. The molecule has 0 radical (unpaired) electrons. The summed E-state index contributed by atoms with van der Waals surface area (Å²) < 4.78 is 6.77. The number of aromatic nitrogens is 4. The summed E-state index contributed by atoms with van der Waals surface area (Å²) in [6, 6.07) is 22.5. The Hall–Kier alpha value is -4.72. The van der Waals surface area contributed by atoms with Crippen molar-refractivity contribution in [2.45, 2.75) is 6.92 Å². The second kappa shape index (κ2) is 8.67. The van der Waals surface area contributed by atoms with Crippen molar-refractivity contribution in [3.63, 3.8) is 0 Å². The number of hydrogen-bond acceptors (Lipinski definition) is 6. The van der Waals surface area contributed by atoms with Gasteiger partial charge in [0.2, 0.25) is 0 Å². The minimum absolute atomic E-state index is 0.272. The molecule has 8 nitrogen and oxygen atoms in total. The molecule has 2 aromatic heterocycles. The molecule has 5 aromatic rings. The number of nitrogens with zero attached hydrogens (tertiary/aromatic N) is 3. The number of esters is 1. The number of ether oxygens (including phenoxy) is 1. The molecule has 8 heteroatoms. The Morgan fingerprint density at radius 2 is 1.79 bits per heavy atom. The number of carbonyl (C=O) groups is 1. The molecule has 2 N–H and O–H groups in total. The lowest BCUT2D eigenvalue weighted by molar-refractivity contribution is 0.0602. The maximum atomic E-state index is 12.4. The zero-order chi connectivity index (χ0) is 23.7. The summed E-state index contributed by atoms with van der Waals surface area (Å²) in [5.74, 6) is 0.229. The topological polar surface area (TPSA) is 102 Å². The molecule has 0 aliphatic rings. The molecule has 5 rings (SSSR count). The average molecular weight is 451 g/mol. The third-order valence-electron chi connectivity index (χ3n) is 5.51. The average Bonchev–Trinajstić information content (AvgIpc) is 3.19. The number of para-hydroxylation sites is 2. The molecule has 0 amide bonds. The third kappa shape index (κ3) is 3.81. The lowest BCUT2D eigenvalue weighted by atomic mass is 10.0. The first-order valence-corrected chi connectivity index (χ1v) is 10.6. The molecule has 0 atom stereocenters. The summed E-state index contributed by atoms with van der Waals surface area (Å²) in [4.78, 5) is 31.2. The van der Waals surface area contributed by atoms with E-state index in [2.05, 4.69) is 15.3 Å². The van der Waals surface area contributed by atoms with E-state index in [0.29, 0.717) is 28.1 Å². The highest BCUT2D eigenvalue weighted by atomic mass is 16.5. The van der Waals surface area contributed by atoms with Gasteiger partial charge >= 0.3 is 5.97 Å². The smallest absolute Gasteiger partial charge is 0.339 e. The lowest BCUT2D eigenvalue weighted by Gasteiger charge is -2.15. The number of aromatic amines is 1. The predicted octanol–water partition coefficient (Wildman–Crippen LogP) is 4.61. The van der Waals surface area contributed by atoms with Crippen LogP contribution in [0.1, 0.15) is 16.1 Å². The number of anilines is 2. The van der Waals surface area contributed by atoms with Crippen LogP contribution >= 0.6 is 0 Å². The first-order chi connectivity index (χ1) is 16.5. The number of hydrogen-bond donors (Lipinski definition) is 2. The molecule has 0 aliphatic carbocycles. The van der Waals surface area contributed by atoms with Crippen LogP contribution in [-0.4, -0.2) is 32.8 Å². The predicted molar refractivity (Wildman–Crippen MR) is 131 cm³/mol. The SMILES string of the molecule is COC(=O)c1ccccc1Nc1c(-c2ccc3ncc(=O)[nH]c3c2)c(C)nn1-c1ccccc1. The highest BCUT2D eigenvalue weighted by Crippen LogP contribution is 2.36. The number of H-pyrrole nitrogens is 1. The van der Waals surface area contributed by atoms with E-state index in [4.69, 9.17) is 9.84 Å². The zero-order valence-corrected chi connectivity index (χ0v) is 18.6. The van der Waals surface area contributed by atoms with Gasteiger partial charge in [-0.1, -0.05) is 36.4 Å². The van der Waals surface area contributed by atoms with Crippen molar-refractivity contribution < 1.29 is 9.53 Å². The van der Waals surface area contributed by atoms with Crippen LogP contribution in [0, 0.1) is 6.92 Å². The second-order valence-corrected chi connectivity index (χ2v) is 7.70. The first kappa shape index (κ1) is 21.1. The van der Waals surface area contributed by atoms with Gasteiger partial charge < -0.3 is 15.0 Å². The van der Waals surface area contributed by atoms with E-state index in [1.807, 2.05) is 67.6 Å². The molecule has 0 unspecified atom stereocenters. The summed E-state index contributed by atoms with van der Waals surface area (Å²) in [7, 11) is 1.35. The Bertz CT molecular complexity index is 1570. The Morgan fingerprint density at radius 3 is 2.59 bits per heavy atom. The summed E-state index contributed by atoms with van der Waals surface area (Å²) in [6.07, 6.45) is 1.26. The molecular weight excluding hydrogens is 430 g/mol. The van der Waals surface area contributed by atoms with Crippen molar-refractivity contribution in [2.24, 2.45) is 0 Å². The molecule has 0 saturated heterocycles. The number of methoxy groups -OCH3 is 1. The van der Waals surface area contributed by atoms with E-state index in [-0.39, 0.29) is 5.56 Å². The van der Waals surface area contributed by atoms with Crippen LogP contribution in [0.3, 0.4) is 0 Å². The van der Waals surface area contributed by atoms with Gasteiger partial charge in [0.15, 0.2) is 0 Å². The van der Waals surface area contributed by atoms with Gasteiger partial charge in [0.25, 0.3) is 5.56 Å². The highest BCUT2D eigenvalue weighted by Gasteiger charge is 2.21. The van der Waals surface area contributed by atoms with Crippen molar-refractivity contribution in [2.75, 3.05) is 12.4 Å².